The van der Waals surface area contributed by atoms with Gasteiger partial charge in [-0.1, -0.05) is 58.9 Å². The summed E-state index contributed by atoms with van der Waals surface area (Å²) >= 11 is 0. The first-order valence-electron chi connectivity index (χ1n) is 16.3. The molecule has 1 spiro atoms. The SMILES string of the molecule is CC(C)(C)CCC(c1ccc(C(=O)NCc2nn[nH]n2)cc1)N1C(=O)C(c2ccc(OC(F)(F)F)cc2)=NC12CCC(C(C)(C)C)CC2. The van der Waals surface area contributed by atoms with Crippen molar-refractivity contribution in [1.82, 2.24) is 30.8 Å². The van der Waals surface area contributed by atoms with Crippen LogP contribution >= 0.6 is 0 Å². The van der Waals surface area contributed by atoms with E-state index in [1.165, 1.54) is 24.3 Å². The van der Waals surface area contributed by atoms with Crippen molar-refractivity contribution in [1.29, 1.82) is 0 Å². The summed E-state index contributed by atoms with van der Waals surface area (Å²) in [4.78, 5) is 34.6. The average molecular weight is 668 g/mol. The molecule has 2 N–H and O–H groups in total. The molecule has 0 saturated heterocycles. The topological polar surface area (TPSA) is 125 Å². The Bertz CT molecular complexity index is 1600. The van der Waals surface area contributed by atoms with Crippen molar-refractivity contribution in [3.8, 4) is 5.75 Å². The molecule has 3 aromatic rings. The van der Waals surface area contributed by atoms with Crippen LogP contribution in [0.25, 0.3) is 0 Å². The summed E-state index contributed by atoms with van der Waals surface area (Å²) in [5, 5.41) is 16.3. The Morgan fingerprint density at radius 3 is 2.21 bits per heavy atom. The number of hydrogen-bond acceptors (Lipinski definition) is 7. The minimum Gasteiger partial charge on any atom is -0.406 e. The number of benzene rings is 2. The predicted molar refractivity (Wildman–Crippen MR) is 174 cm³/mol. The summed E-state index contributed by atoms with van der Waals surface area (Å²) in [5.41, 5.74) is 1.28. The van der Waals surface area contributed by atoms with Crippen LogP contribution < -0.4 is 10.1 Å². The lowest BCUT2D eigenvalue weighted by Crippen LogP contribution is -2.51. The Balaban J connectivity index is 1.49. The number of ether oxygens (including phenoxy) is 1. The standard InChI is InChI=1S/C35H44F3N7O3/c1-32(2,3)18-17-27(22-7-9-24(10-8-22)30(46)39-21-28-41-43-44-42-28)45-31(47)29(23-11-13-26(14-12-23)48-35(36,37)38)40-34(45)19-15-25(16-20-34)33(4,5)6/h7-14,25,27H,15-21H2,1-6H3,(H,39,46)(H,41,42,43,44). The van der Waals surface area contributed by atoms with Crippen LogP contribution in [0.5, 0.6) is 5.75 Å². The normalized spacial score (nSPS) is 20.9. The molecule has 5 rings (SSSR count). The maximum absolute atomic E-state index is 14.6. The smallest absolute Gasteiger partial charge is 0.406 e. The molecule has 1 atom stereocenters. The Morgan fingerprint density at radius 1 is 1.02 bits per heavy atom. The summed E-state index contributed by atoms with van der Waals surface area (Å²) in [6.07, 6.45) is -0.247. The molecule has 1 fully saturated rings. The third-order valence-electron chi connectivity index (χ3n) is 9.40. The second-order valence-corrected chi connectivity index (χ2v) is 15.1. The first-order valence-corrected chi connectivity index (χ1v) is 16.3. The van der Waals surface area contributed by atoms with Gasteiger partial charge in [-0.3, -0.25) is 14.6 Å². The molecule has 258 valence electrons. The number of aromatic nitrogens is 4. The van der Waals surface area contributed by atoms with Gasteiger partial charge in [-0.2, -0.15) is 5.21 Å². The van der Waals surface area contributed by atoms with E-state index in [-0.39, 0.29) is 46.7 Å². The minimum atomic E-state index is -4.82. The molecule has 1 aliphatic carbocycles. The number of halogens is 3. The highest BCUT2D eigenvalue weighted by Gasteiger charge is 2.52. The Hall–Kier alpha value is -4.29. The molecule has 2 aromatic carbocycles. The summed E-state index contributed by atoms with van der Waals surface area (Å²) in [5.74, 6) is -0.0973. The number of hydrogen-bond donors (Lipinski definition) is 2. The van der Waals surface area contributed by atoms with E-state index in [4.69, 9.17) is 4.99 Å². The Morgan fingerprint density at radius 2 is 1.67 bits per heavy atom. The molecule has 1 aromatic heterocycles. The number of alkyl halides is 3. The molecule has 10 nitrogen and oxygen atoms in total. The molecule has 2 amide bonds. The van der Waals surface area contributed by atoms with Crippen LogP contribution in [0.4, 0.5) is 13.2 Å². The molecule has 1 aliphatic heterocycles. The van der Waals surface area contributed by atoms with Crippen molar-refractivity contribution in [2.75, 3.05) is 0 Å². The Labute approximate surface area is 278 Å². The van der Waals surface area contributed by atoms with Crippen LogP contribution in [0.1, 0.15) is 113 Å². The highest BCUT2D eigenvalue weighted by molar-refractivity contribution is 6.46. The number of carbonyl (C=O) groups is 2. The second-order valence-electron chi connectivity index (χ2n) is 15.1. The third kappa shape index (κ3) is 8.22. The van der Waals surface area contributed by atoms with Crippen molar-refractivity contribution in [3.63, 3.8) is 0 Å². The average Bonchev–Trinajstić information content (AvgIpc) is 3.62. The highest BCUT2D eigenvalue weighted by atomic mass is 19.4. The third-order valence-corrected chi connectivity index (χ3v) is 9.40. The van der Waals surface area contributed by atoms with Crippen LogP contribution in [-0.2, 0) is 11.3 Å². The van der Waals surface area contributed by atoms with Gasteiger partial charge in [-0.15, -0.1) is 23.4 Å². The number of aliphatic imine (C=N–C) groups is 1. The zero-order valence-corrected chi connectivity index (χ0v) is 28.3. The molecule has 1 saturated carbocycles. The predicted octanol–water partition coefficient (Wildman–Crippen LogP) is 7.16. The summed E-state index contributed by atoms with van der Waals surface area (Å²) in [6, 6.07) is 12.3. The van der Waals surface area contributed by atoms with E-state index >= 15 is 0 Å². The van der Waals surface area contributed by atoms with Crippen LogP contribution in [0.15, 0.2) is 53.5 Å². The quantitative estimate of drug-likeness (QED) is 0.250. The summed E-state index contributed by atoms with van der Waals surface area (Å²) in [7, 11) is 0. The number of nitrogens with zero attached hydrogens (tertiary/aromatic N) is 5. The fraction of sp³-hybridized carbons (Fsp3) is 0.543. The van der Waals surface area contributed by atoms with Crippen molar-refractivity contribution in [3.05, 3.63) is 71.0 Å². The number of carbonyl (C=O) groups excluding carboxylic acids is 2. The van der Waals surface area contributed by atoms with E-state index in [1.807, 2.05) is 17.0 Å². The van der Waals surface area contributed by atoms with Gasteiger partial charge in [0.1, 0.15) is 17.1 Å². The van der Waals surface area contributed by atoms with Gasteiger partial charge in [-0.25, -0.2) is 0 Å². The molecule has 2 heterocycles. The maximum atomic E-state index is 14.6. The van der Waals surface area contributed by atoms with Gasteiger partial charge in [0, 0.05) is 11.1 Å². The van der Waals surface area contributed by atoms with Crippen LogP contribution in [-0.4, -0.2) is 55.1 Å². The van der Waals surface area contributed by atoms with Gasteiger partial charge in [0.05, 0.1) is 12.6 Å². The zero-order chi connectivity index (χ0) is 34.9. The van der Waals surface area contributed by atoms with E-state index in [1.54, 1.807) is 12.1 Å². The first-order chi connectivity index (χ1) is 22.4. The monoisotopic (exact) mass is 667 g/mol. The minimum absolute atomic E-state index is 0.0228. The molecule has 1 unspecified atom stereocenters. The molecule has 0 radical (unpaired) electrons. The van der Waals surface area contributed by atoms with E-state index in [2.05, 4.69) is 72.2 Å². The van der Waals surface area contributed by atoms with Gasteiger partial charge in [0.2, 0.25) is 0 Å². The largest absolute Gasteiger partial charge is 0.573 e. The lowest BCUT2D eigenvalue weighted by molar-refractivity contribution is -0.274. The fourth-order valence-electron chi connectivity index (χ4n) is 6.74. The van der Waals surface area contributed by atoms with Gasteiger partial charge in [0.15, 0.2) is 5.82 Å². The van der Waals surface area contributed by atoms with Crippen LogP contribution in [0.3, 0.4) is 0 Å². The van der Waals surface area contributed by atoms with Crippen molar-refractivity contribution >= 4 is 17.5 Å². The van der Waals surface area contributed by atoms with Crippen molar-refractivity contribution in [2.45, 2.75) is 105 Å². The summed E-state index contributed by atoms with van der Waals surface area (Å²) in [6.45, 7) is 13.3. The first kappa shape index (κ1) is 35.0. The van der Waals surface area contributed by atoms with Gasteiger partial charge >= 0.3 is 6.36 Å². The van der Waals surface area contributed by atoms with E-state index in [0.717, 1.165) is 24.8 Å². The number of amides is 2. The van der Waals surface area contributed by atoms with E-state index in [9.17, 15) is 22.8 Å². The number of H-pyrrole nitrogens is 1. The molecule has 0 bridgehead atoms. The van der Waals surface area contributed by atoms with Crippen LogP contribution in [0, 0.1) is 16.7 Å². The molecule has 13 heteroatoms. The van der Waals surface area contributed by atoms with E-state index < -0.39 is 12.0 Å². The lowest BCUT2D eigenvalue weighted by atomic mass is 9.69. The van der Waals surface area contributed by atoms with E-state index in [0.29, 0.717) is 42.1 Å². The van der Waals surface area contributed by atoms with Gasteiger partial charge in [0.25, 0.3) is 11.8 Å². The maximum Gasteiger partial charge on any atom is 0.573 e. The molecule has 48 heavy (non-hydrogen) atoms. The zero-order valence-electron chi connectivity index (χ0n) is 28.3. The lowest BCUT2D eigenvalue weighted by Gasteiger charge is -2.47. The number of rotatable bonds is 9. The van der Waals surface area contributed by atoms with Crippen LogP contribution in [0.2, 0.25) is 0 Å². The molecule has 2 aliphatic rings. The Kier molecular flexibility index (Phi) is 9.71. The van der Waals surface area contributed by atoms with Crippen molar-refractivity contribution < 1.29 is 27.5 Å². The number of tetrazole rings is 1. The molecular weight excluding hydrogens is 623 g/mol. The van der Waals surface area contributed by atoms with Crippen molar-refractivity contribution in [2.24, 2.45) is 21.7 Å². The summed E-state index contributed by atoms with van der Waals surface area (Å²) < 4.78 is 42.6. The van der Waals surface area contributed by atoms with Gasteiger partial charge in [-0.05, 0) is 97.2 Å². The molecular formula is C35H44F3N7O3. The second kappa shape index (κ2) is 13.3. The highest BCUT2D eigenvalue weighted by Crippen LogP contribution is 2.50. The number of nitrogens with one attached hydrogen (secondary N) is 2. The van der Waals surface area contributed by atoms with Gasteiger partial charge < -0.3 is 15.0 Å². The number of aromatic amines is 1. The fourth-order valence-corrected chi connectivity index (χ4v) is 6.74.